The molecule has 30 heavy (non-hydrogen) atoms. The van der Waals surface area contributed by atoms with Gasteiger partial charge in [-0.1, -0.05) is 43.7 Å². The van der Waals surface area contributed by atoms with Crippen molar-refractivity contribution in [3.63, 3.8) is 0 Å². The first-order valence-electron chi connectivity index (χ1n) is 10.0. The molecule has 1 aromatic heterocycles. The van der Waals surface area contributed by atoms with Crippen molar-refractivity contribution in [3.05, 3.63) is 63.7 Å². The fourth-order valence-electron chi connectivity index (χ4n) is 4.02. The maximum atomic E-state index is 13.1. The van der Waals surface area contributed by atoms with Gasteiger partial charge < -0.3 is 0 Å². The van der Waals surface area contributed by atoms with Gasteiger partial charge in [-0.05, 0) is 43.9 Å². The number of carbonyl (C=O) groups excluding carboxylic acids is 1. The van der Waals surface area contributed by atoms with Gasteiger partial charge in [0.05, 0.1) is 22.7 Å². The molecule has 0 atom stereocenters. The highest BCUT2D eigenvalue weighted by Crippen LogP contribution is 2.38. The van der Waals surface area contributed by atoms with Crippen LogP contribution < -0.4 is 4.72 Å². The summed E-state index contributed by atoms with van der Waals surface area (Å²) in [5.74, 6) is -0.669. The minimum absolute atomic E-state index is 0.0457. The highest BCUT2D eigenvalue weighted by molar-refractivity contribution is 7.94. The molecule has 2 aromatic rings. The van der Waals surface area contributed by atoms with Crippen molar-refractivity contribution in [2.45, 2.75) is 45.4 Å². The molecule has 0 saturated carbocycles. The molecule has 0 spiro atoms. The first kappa shape index (κ1) is 20.5. The summed E-state index contributed by atoms with van der Waals surface area (Å²) in [5.41, 5.74) is 4.56. The van der Waals surface area contributed by atoms with E-state index in [2.05, 4.69) is 23.6 Å². The first-order valence-corrected chi connectivity index (χ1v) is 11.5. The summed E-state index contributed by atoms with van der Waals surface area (Å²) in [7, 11) is -3.95. The Morgan fingerprint density at radius 1 is 1.17 bits per heavy atom. The number of aromatic nitrogens is 1. The molecular formula is C23H25N3O3S. The molecule has 1 aromatic carbocycles. The Hall–Kier alpha value is -2.80. The fourth-order valence-corrected chi connectivity index (χ4v) is 4.99. The van der Waals surface area contributed by atoms with Crippen LogP contribution in [0.2, 0.25) is 0 Å². The van der Waals surface area contributed by atoms with E-state index in [4.69, 9.17) is 4.98 Å². The van der Waals surface area contributed by atoms with E-state index in [-0.39, 0.29) is 22.4 Å². The van der Waals surface area contributed by atoms with Crippen LogP contribution >= 0.6 is 0 Å². The van der Waals surface area contributed by atoms with Crippen LogP contribution in [-0.4, -0.2) is 32.1 Å². The minimum atomic E-state index is -3.95. The van der Waals surface area contributed by atoms with Crippen LogP contribution in [0.3, 0.4) is 0 Å². The number of hydrogen-bond donors (Lipinski definition) is 1. The van der Waals surface area contributed by atoms with Crippen molar-refractivity contribution >= 4 is 22.1 Å². The highest BCUT2D eigenvalue weighted by Gasteiger charge is 2.32. The molecule has 1 amide bonds. The Morgan fingerprint density at radius 2 is 1.90 bits per heavy atom. The Bertz CT molecular complexity index is 1180. The number of aliphatic imine (C=N–C) groups is 1. The second-order valence-corrected chi connectivity index (χ2v) is 10.3. The Labute approximate surface area is 177 Å². The normalized spacial score (nSPS) is 17.4. The van der Waals surface area contributed by atoms with E-state index in [0.29, 0.717) is 5.69 Å². The van der Waals surface area contributed by atoms with Crippen molar-refractivity contribution in [1.82, 2.24) is 9.71 Å². The third kappa shape index (κ3) is 3.81. The summed E-state index contributed by atoms with van der Waals surface area (Å²) in [6, 6.07) is 9.57. The summed E-state index contributed by atoms with van der Waals surface area (Å²) < 4.78 is 27.4. The Balaban J connectivity index is 1.81. The van der Waals surface area contributed by atoms with Crippen LogP contribution in [0.5, 0.6) is 0 Å². The molecule has 2 aliphatic rings. The number of amides is 1. The van der Waals surface area contributed by atoms with Crippen LogP contribution in [0.1, 0.15) is 53.9 Å². The van der Waals surface area contributed by atoms with Crippen LogP contribution in [0.4, 0.5) is 0 Å². The molecule has 0 unspecified atom stereocenters. The van der Waals surface area contributed by atoms with E-state index >= 15 is 0 Å². The summed E-state index contributed by atoms with van der Waals surface area (Å²) in [6.45, 7) is 6.36. The zero-order chi connectivity index (χ0) is 21.5. The summed E-state index contributed by atoms with van der Waals surface area (Å²) in [6.07, 6.45) is 5.69. The van der Waals surface area contributed by atoms with E-state index in [1.807, 2.05) is 37.3 Å². The average Bonchev–Trinajstić information content (AvgIpc) is 3.23. The van der Waals surface area contributed by atoms with Crippen molar-refractivity contribution < 1.29 is 13.2 Å². The number of nitrogens with zero attached hydrogens (tertiary/aromatic N) is 2. The lowest BCUT2D eigenvalue weighted by Crippen LogP contribution is -2.33. The number of carbonyl (C=O) groups is 1. The van der Waals surface area contributed by atoms with Gasteiger partial charge in [-0.25, -0.2) is 13.1 Å². The monoisotopic (exact) mass is 423 g/mol. The predicted octanol–water partition coefficient (Wildman–Crippen LogP) is 3.70. The number of fused-ring (bicyclic) bond motifs is 1. The number of aryl methyl sites for hydroxylation is 2. The second kappa shape index (κ2) is 7.47. The molecule has 0 radical (unpaired) electrons. The van der Waals surface area contributed by atoms with Crippen LogP contribution in [0, 0.1) is 6.92 Å². The standard InChI is InChI=1S/C23H25N3O3S/c1-15-6-8-16(9-7-15)20-19(13-17-5-4-11-23(2,3)21(17)25-20)22(27)26-30(28,29)18-10-12-24-14-18/h6-10,12-13H,4-5,11,14H2,1-3H3,(H,26,27). The lowest BCUT2D eigenvalue weighted by molar-refractivity contribution is 0.0981. The first-order chi connectivity index (χ1) is 14.2. The van der Waals surface area contributed by atoms with Gasteiger partial charge in [0.15, 0.2) is 0 Å². The van der Waals surface area contributed by atoms with Gasteiger partial charge >= 0.3 is 0 Å². The van der Waals surface area contributed by atoms with Crippen molar-refractivity contribution in [2.75, 3.05) is 6.54 Å². The maximum absolute atomic E-state index is 13.1. The molecule has 0 saturated heterocycles. The lowest BCUT2D eigenvalue weighted by atomic mass is 9.75. The molecule has 0 bridgehead atoms. The largest absolute Gasteiger partial charge is 0.288 e. The van der Waals surface area contributed by atoms with Crippen LogP contribution in [-0.2, 0) is 21.9 Å². The molecule has 1 N–H and O–H groups in total. The number of nitrogens with one attached hydrogen (secondary N) is 1. The van der Waals surface area contributed by atoms with Gasteiger partial charge in [0.1, 0.15) is 0 Å². The van der Waals surface area contributed by atoms with E-state index < -0.39 is 15.9 Å². The zero-order valence-corrected chi connectivity index (χ0v) is 18.2. The summed E-state index contributed by atoms with van der Waals surface area (Å²) in [5, 5.41) is 0. The van der Waals surface area contributed by atoms with E-state index in [9.17, 15) is 13.2 Å². The second-order valence-electron chi connectivity index (χ2n) is 8.55. The molecule has 4 rings (SSSR count). The van der Waals surface area contributed by atoms with Gasteiger partial charge in [0.2, 0.25) is 0 Å². The zero-order valence-electron chi connectivity index (χ0n) is 17.4. The minimum Gasteiger partial charge on any atom is -0.288 e. The Morgan fingerprint density at radius 3 is 2.57 bits per heavy atom. The van der Waals surface area contributed by atoms with Gasteiger partial charge in [-0.2, -0.15) is 0 Å². The van der Waals surface area contributed by atoms with Crippen molar-refractivity contribution in [3.8, 4) is 11.3 Å². The number of sulfonamides is 1. The molecular weight excluding hydrogens is 398 g/mol. The summed E-state index contributed by atoms with van der Waals surface area (Å²) in [4.78, 5) is 22.0. The summed E-state index contributed by atoms with van der Waals surface area (Å²) >= 11 is 0. The number of allylic oxidation sites excluding steroid dienone is 1. The fraction of sp³-hybridized carbons (Fsp3) is 0.348. The number of pyridine rings is 1. The molecule has 2 heterocycles. The molecule has 1 aliphatic heterocycles. The predicted molar refractivity (Wildman–Crippen MR) is 118 cm³/mol. The molecule has 1 aliphatic carbocycles. The SMILES string of the molecule is Cc1ccc(-c2nc3c(cc2C(=O)NS(=O)(=O)C2=CC=NC2)CCCC3(C)C)cc1. The number of rotatable bonds is 4. The topological polar surface area (TPSA) is 88.5 Å². The number of hydrogen-bond acceptors (Lipinski definition) is 5. The van der Waals surface area contributed by atoms with Gasteiger partial charge in [-0.3, -0.25) is 14.8 Å². The molecule has 0 fully saturated rings. The van der Waals surface area contributed by atoms with E-state index in [0.717, 1.165) is 41.6 Å². The molecule has 156 valence electrons. The third-order valence-electron chi connectivity index (χ3n) is 5.75. The van der Waals surface area contributed by atoms with E-state index in [1.165, 1.54) is 12.3 Å². The lowest BCUT2D eigenvalue weighted by Gasteiger charge is -2.32. The maximum Gasteiger partial charge on any atom is 0.267 e. The smallest absolute Gasteiger partial charge is 0.267 e. The molecule has 6 nitrogen and oxygen atoms in total. The van der Waals surface area contributed by atoms with Crippen molar-refractivity contribution in [2.24, 2.45) is 4.99 Å². The quantitative estimate of drug-likeness (QED) is 0.812. The highest BCUT2D eigenvalue weighted by atomic mass is 32.2. The van der Waals surface area contributed by atoms with Crippen molar-refractivity contribution in [1.29, 1.82) is 0 Å². The van der Waals surface area contributed by atoms with Gasteiger partial charge in [0.25, 0.3) is 15.9 Å². The van der Waals surface area contributed by atoms with Gasteiger partial charge in [-0.15, -0.1) is 0 Å². The Kier molecular flexibility index (Phi) is 5.10. The van der Waals surface area contributed by atoms with Crippen LogP contribution in [0.25, 0.3) is 11.3 Å². The van der Waals surface area contributed by atoms with Crippen LogP contribution in [0.15, 0.2) is 46.3 Å². The van der Waals surface area contributed by atoms with E-state index in [1.54, 1.807) is 0 Å². The number of benzene rings is 1. The van der Waals surface area contributed by atoms with Gasteiger partial charge in [0, 0.05) is 22.9 Å². The average molecular weight is 424 g/mol. The third-order valence-corrected chi connectivity index (χ3v) is 7.15. The molecule has 7 heteroatoms.